The third-order valence-corrected chi connectivity index (χ3v) is 18.7. The predicted molar refractivity (Wildman–Crippen MR) is 387 cm³/mol. The highest BCUT2D eigenvalue weighted by Gasteiger charge is 2.28. The zero-order chi connectivity index (χ0) is 64.1. The molecule has 3 unspecified atom stereocenters. The summed E-state index contributed by atoms with van der Waals surface area (Å²) in [5.41, 5.74) is 0. The molecular weight excluding hydrogens is 1100 g/mol. The van der Waals surface area contributed by atoms with Crippen LogP contribution in [0, 0.1) is 0 Å². The monoisotopic (exact) mass is 1260 g/mol. The molecule has 0 radical (unpaired) electrons. The van der Waals surface area contributed by atoms with Crippen LogP contribution in [0.5, 0.6) is 0 Å². The Balaban J connectivity index is 4.01. The molecule has 0 aliphatic heterocycles. The highest BCUT2D eigenvalue weighted by Crippen LogP contribution is 2.43. The standard InChI is InChI=1S/C79H151N2O6P/c1-6-8-10-12-14-16-18-20-22-24-26-28-30-32-34-36-37-38-39-40-41-42-43-45-47-49-51-53-55-57-59-61-63-65-67-69-71-73-79(83)80-77(76-87-88(84,85)86-75-74-81(3,4)5)78(82)72-70-68-66-64-62-60-58-56-54-52-50-48-46-44-35-33-31-29-27-25-23-21-19-17-15-13-11-9-7-2/h18,20,24,26,54,56,62,64,70,72,77-78,82H,6-17,19,21-23,25,27-53,55,57-61,63,65-69,71,73-76H2,1-5H3,(H-,80,83,84,85)/p+1/b20-18-,26-24-,56-54+,64-62+,72-70+. The largest absolute Gasteiger partial charge is 0.472 e. The number of phosphoric acid groups is 1. The number of phosphoric ester groups is 1. The van der Waals surface area contributed by atoms with E-state index in [-0.39, 0.29) is 19.1 Å². The van der Waals surface area contributed by atoms with Crippen molar-refractivity contribution in [2.75, 3.05) is 40.9 Å². The Hall–Kier alpha value is -1.80. The van der Waals surface area contributed by atoms with Gasteiger partial charge in [-0.15, -0.1) is 0 Å². The molecule has 0 aromatic carbocycles. The molecule has 1 amide bonds. The van der Waals surface area contributed by atoms with E-state index in [4.69, 9.17) is 9.05 Å². The van der Waals surface area contributed by atoms with Crippen molar-refractivity contribution in [3.8, 4) is 0 Å². The van der Waals surface area contributed by atoms with Gasteiger partial charge in [-0.2, -0.15) is 0 Å². The first-order chi connectivity index (χ1) is 43.0. The van der Waals surface area contributed by atoms with Gasteiger partial charge in [0.2, 0.25) is 5.91 Å². The Kier molecular flexibility index (Phi) is 68.1. The van der Waals surface area contributed by atoms with Crippen LogP contribution in [0.1, 0.15) is 386 Å². The molecule has 0 spiro atoms. The number of nitrogens with one attached hydrogen (secondary N) is 1. The van der Waals surface area contributed by atoms with Gasteiger partial charge < -0.3 is 19.8 Å². The Labute approximate surface area is 549 Å². The average molecular weight is 1260 g/mol. The van der Waals surface area contributed by atoms with Gasteiger partial charge in [-0.3, -0.25) is 13.8 Å². The minimum Gasteiger partial charge on any atom is -0.387 e. The summed E-state index contributed by atoms with van der Waals surface area (Å²) in [5.74, 6) is -0.184. The highest BCUT2D eigenvalue weighted by molar-refractivity contribution is 7.47. The molecule has 0 heterocycles. The minimum absolute atomic E-state index is 0.0542. The number of unbranched alkanes of at least 4 members (excludes halogenated alkanes) is 51. The van der Waals surface area contributed by atoms with Crippen molar-refractivity contribution in [3.05, 3.63) is 60.8 Å². The van der Waals surface area contributed by atoms with Gasteiger partial charge >= 0.3 is 7.82 Å². The van der Waals surface area contributed by atoms with Gasteiger partial charge in [0.15, 0.2) is 0 Å². The van der Waals surface area contributed by atoms with E-state index in [9.17, 15) is 19.4 Å². The van der Waals surface area contributed by atoms with Crippen LogP contribution < -0.4 is 5.32 Å². The van der Waals surface area contributed by atoms with Gasteiger partial charge in [0.05, 0.1) is 39.9 Å². The maximum Gasteiger partial charge on any atom is 0.472 e. The number of quaternary nitrogens is 1. The molecule has 88 heavy (non-hydrogen) atoms. The molecule has 0 aliphatic rings. The summed E-state index contributed by atoms with van der Waals surface area (Å²) in [6.45, 7) is 4.83. The molecule has 3 N–H and O–H groups in total. The molecule has 0 fully saturated rings. The van der Waals surface area contributed by atoms with Crippen LogP contribution in [0.3, 0.4) is 0 Å². The molecule has 0 aromatic rings. The van der Waals surface area contributed by atoms with E-state index in [0.717, 1.165) is 51.4 Å². The molecule has 0 aromatic heterocycles. The van der Waals surface area contributed by atoms with E-state index in [1.807, 2.05) is 27.2 Å². The average Bonchev–Trinajstić information content (AvgIpc) is 3.70. The Morgan fingerprint density at radius 3 is 0.977 bits per heavy atom. The van der Waals surface area contributed by atoms with Crippen LogP contribution in [0.25, 0.3) is 0 Å². The van der Waals surface area contributed by atoms with Crippen LogP contribution in [0.2, 0.25) is 0 Å². The second-order valence-electron chi connectivity index (χ2n) is 27.7. The number of likely N-dealkylation sites (N-methyl/N-ethyl adjacent to an activating group) is 1. The van der Waals surface area contributed by atoms with Gasteiger partial charge in [0.25, 0.3) is 0 Å². The lowest BCUT2D eigenvalue weighted by atomic mass is 10.0. The molecule has 9 heteroatoms. The van der Waals surface area contributed by atoms with Crippen molar-refractivity contribution in [3.63, 3.8) is 0 Å². The molecule has 8 nitrogen and oxygen atoms in total. The zero-order valence-corrected chi connectivity index (χ0v) is 60.4. The van der Waals surface area contributed by atoms with Crippen LogP contribution in [0.4, 0.5) is 0 Å². The minimum atomic E-state index is -4.37. The number of hydrogen-bond donors (Lipinski definition) is 3. The second-order valence-corrected chi connectivity index (χ2v) is 29.2. The smallest absolute Gasteiger partial charge is 0.387 e. The van der Waals surface area contributed by atoms with E-state index in [2.05, 4.69) is 67.8 Å². The summed E-state index contributed by atoms with van der Waals surface area (Å²) in [4.78, 5) is 23.5. The fraction of sp³-hybridized carbons (Fsp3) is 0.861. The van der Waals surface area contributed by atoms with Crippen LogP contribution in [0.15, 0.2) is 60.8 Å². The summed E-state index contributed by atoms with van der Waals surface area (Å²) >= 11 is 0. The van der Waals surface area contributed by atoms with E-state index < -0.39 is 20.0 Å². The van der Waals surface area contributed by atoms with E-state index >= 15 is 0 Å². The number of amides is 1. The van der Waals surface area contributed by atoms with Crippen molar-refractivity contribution in [2.45, 2.75) is 398 Å². The number of nitrogens with zero attached hydrogens (tertiary/aromatic N) is 1. The molecule has 518 valence electrons. The van der Waals surface area contributed by atoms with Crippen molar-refractivity contribution >= 4 is 13.7 Å². The SMILES string of the molecule is CCCCCCC/C=C\C/C=C\CCCCCCCCCCCCCCCCCCCCCCCCCCCC(=O)NC(COP(=O)(O)OCC[N+](C)(C)C)C(O)/C=C/CC/C=C/CC/C=C/CCCCCCCCCCCCCCCCCCCCC. The molecule has 0 saturated carbocycles. The maximum absolute atomic E-state index is 13.1. The number of allylic oxidation sites excluding steroid dienone is 9. The number of aliphatic hydroxyl groups excluding tert-OH is 1. The van der Waals surface area contributed by atoms with Crippen molar-refractivity contribution in [2.24, 2.45) is 0 Å². The predicted octanol–water partition coefficient (Wildman–Crippen LogP) is 25.1. The molecule has 0 rings (SSSR count). The second kappa shape index (κ2) is 69.5. The molecule has 3 atom stereocenters. The first kappa shape index (κ1) is 86.2. The van der Waals surface area contributed by atoms with E-state index in [1.165, 1.54) is 315 Å². The Morgan fingerprint density at radius 1 is 0.386 bits per heavy atom. The first-order valence-corrected chi connectivity index (χ1v) is 40.2. The highest BCUT2D eigenvalue weighted by atomic mass is 31.2. The van der Waals surface area contributed by atoms with Crippen LogP contribution >= 0.6 is 7.82 Å². The number of hydrogen-bond acceptors (Lipinski definition) is 5. The summed E-state index contributed by atoms with van der Waals surface area (Å²) < 4.78 is 23.8. The summed E-state index contributed by atoms with van der Waals surface area (Å²) in [6, 6.07) is -0.872. The molecular formula is C79H152N2O6P+. The van der Waals surface area contributed by atoms with E-state index in [0.29, 0.717) is 17.4 Å². The Morgan fingerprint density at radius 2 is 0.659 bits per heavy atom. The third-order valence-electron chi connectivity index (χ3n) is 17.7. The lowest BCUT2D eigenvalue weighted by Crippen LogP contribution is -2.45. The van der Waals surface area contributed by atoms with Crippen molar-refractivity contribution < 1.29 is 32.9 Å². The normalized spacial score (nSPS) is 13.9. The van der Waals surface area contributed by atoms with E-state index in [1.54, 1.807) is 6.08 Å². The number of rotatable bonds is 72. The fourth-order valence-electron chi connectivity index (χ4n) is 11.7. The van der Waals surface area contributed by atoms with Gasteiger partial charge in [0, 0.05) is 6.42 Å². The molecule has 0 saturated heterocycles. The van der Waals surface area contributed by atoms with Crippen LogP contribution in [-0.4, -0.2) is 73.4 Å². The summed E-state index contributed by atoms with van der Waals surface area (Å²) in [5, 5.41) is 14.0. The third kappa shape index (κ3) is 71.6. The van der Waals surface area contributed by atoms with Gasteiger partial charge in [-0.1, -0.05) is 364 Å². The fourth-order valence-corrected chi connectivity index (χ4v) is 12.4. The summed E-state index contributed by atoms with van der Waals surface area (Å²) in [6.07, 6.45) is 97.0. The van der Waals surface area contributed by atoms with Crippen LogP contribution in [-0.2, 0) is 18.4 Å². The van der Waals surface area contributed by atoms with Gasteiger partial charge in [-0.05, 0) is 77.0 Å². The lowest BCUT2D eigenvalue weighted by molar-refractivity contribution is -0.870. The number of aliphatic hydroxyl groups is 1. The lowest BCUT2D eigenvalue weighted by Gasteiger charge is -2.25. The quantitative estimate of drug-likeness (QED) is 0.0243. The summed E-state index contributed by atoms with van der Waals surface area (Å²) in [7, 11) is 1.56. The first-order valence-electron chi connectivity index (χ1n) is 38.7. The molecule has 0 aliphatic carbocycles. The number of carbonyl (C=O) groups excluding carboxylic acids is 1. The molecule has 0 bridgehead atoms. The van der Waals surface area contributed by atoms with Gasteiger partial charge in [0.1, 0.15) is 13.2 Å². The van der Waals surface area contributed by atoms with Gasteiger partial charge in [-0.25, -0.2) is 4.57 Å². The Bertz CT molecular complexity index is 1620. The maximum atomic E-state index is 13.1. The number of carbonyl (C=O) groups is 1. The van der Waals surface area contributed by atoms with Crippen molar-refractivity contribution in [1.82, 2.24) is 5.32 Å². The van der Waals surface area contributed by atoms with Crippen molar-refractivity contribution in [1.29, 1.82) is 0 Å². The topological polar surface area (TPSA) is 105 Å². The zero-order valence-electron chi connectivity index (χ0n) is 59.5.